The van der Waals surface area contributed by atoms with E-state index in [0.717, 1.165) is 16.7 Å². The number of hydrogen-bond donors (Lipinski definition) is 0. The molecule has 0 amide bonds. The largest absolute Gasteiger partial charge is 0.248 e. The Balaban J connectivity index is 2.05. The summed E-state index contributed by atoms with van der Waals surface area (Å²) in [6.45, 7) is 3.97. The van der Waals surface area contributed by atoms with E-state index in [0.29, 0.717) is 14.0 Å². The van der Waals surface area contributed by atoms with Crippen molar-refractivity contribution in [3.8, 4) is 0 Å². The van der Waals surface area contributed by atoms with Gasteiger partial charge in [-0.05, 0) is 49.8 Å². The summed E-state index contributed by atoms with van der Waals surface area (Å²) in [6.07, 6.45) is 1.77. The minimum absolute atomic E-state index is 0.393. The Bertz CT molecular complexity index is 898. The lowest BCUT2D eigenvalue weighted by Gasteiger charge is -2.09. The topological polar surface area (TPSA) is 34.1 Å². The SMILES string of the molecule is Cc1ccc([S@](=O)C(=Cc2ccccc2)[S@@](=O)c2ccc(C)cc2)cc1. The summed E-state index contributed by atoms with van der Waals surface area (Å²) >= 11 is 0. The molecule has 3 aromatic rings. The average molecular weight is 381 g/mol. The van der Waals surface area contributed by atoms with Gasteiger partial charge < -0.3 is 0 Å². The van der Waals surface area contributed by atoms with Crippen LogP contribution in [-0.2, 0) is 21.6 Å². The normalized spacial score (nSPS) is 13.0. The van der Waals surface area contributed by atoms with Crippen LogP contribution >= 0.6 is 0 Å². The second-order valence-corrected chi connectivity index (χ2v) is 9.19. The molecule has 0 heterocycles. The van der Waals surface area contributed by atoms with Gasteiger partial charge in [0.25, 0.3) is 0 Å². The molecule has 0 bridgehead atoms. The van der Waals surface area contributed by atoms with Gasteiger partial charge >= 0.3 is 0 Å². The molecule has 132 valence electrons. The van der Waals surface area contributed by atoms with Gasteiger partial charge in [0.15, 0.2) is 0 Å². The van der Waals surface area contributed by atoms with E-state index >= 15 is 0 Å². The van der Waals surface area contributed by atoms with Crippen molar-refractivity contribution < 1.29 is 8.42 Å². The molecule has 2 nitrogen and oxygen atoms in total. The van der Waals surface area contributed by atoms with Gasteiger partial charge in [-0.1, -0.05) is 65.7 Å². The number of hydrogen-bond acceptors (Lipinski definition) is 2. The lowest BCUT2D eigenvalue weighted by Crippen LogP contribution is -2.04. The predicted octanol–water partition coefficient (Wildman–Crippen LogP) is 5.22. The van der Waals surface area contributed by atoms with E-state index in [4.69, 9.17) is 0 Å². The van der Waals surface area contributed by atoms with Gasteiger partial charge in [-0.3, -0.25) is 0 Å². The van der Waals surface area contributed by atoms with Crippen LogP contribution in [-0.4, -0.2) is 8.42 Å². The summed E-state index contributed by atoms with van der Waals surface area (Å²) in [7, 11) is -3.01. The molecule has 0 aromatic heterocycles. The van der Waals surface area contributed by atoms with Crippen LogP contribution in [0, 0.1) is 13.8 Å². The van der Waals surface area contributed by atoms with E-state index in [2.05, 4.69) is 0 Å². The zero-order chi connectivity index (χ0) is 18.5. The first-order chi connectivity index (χ1) is 12.5. The highest BCUT2D eigenvalue weighted by molar-refractivity contribution is 8.08. The highest BCUT2D eigenvalue weighted by Crippen LogP contribution is 2.25. The molecule has 0 spiro atoms. The van der Waals surface area contributed by atoms with Crippen molar-refractivity contribution in [2.75, 3.05) is 0 Å². The molecule has 0 aliphatic heterocycles. The lowest BCUT2D eigenvalue weighted by atomic mass is 10.2. The maximum Gasteiger partial charge on any atom is 0.113 e. The first kappa shape index (κ1) is 18.5. The van der Waals surface area contributed by atoms with Gasteiger partial charge in [0, 0.05) is 9.79 Å². The van der Waals surface area contributed by atoms with Crippen molar-refractivity contribution in [3.63, 3.8) is 0 Å². The fraction of sp³-hybridized carbons (Fsp3) is 0.0909. The van der Waals surface area contributed by atoms with Crippen molar-refractivity contribution in [3.05, 3.63) is 99.8 Å². The molecule has 0 unspecified atom stereocenters. The van der Waals surface area contributed by atoms with Crippen LogP contribution in [0.2, 0.25) is 0 Å². The Kier molecular flexibility index (Phi) is 5.96. The highest BCUT2D eigenvalue weighted by Gasteiger charge is 2.19. The van der Waals surface area contributed by atoms with E-state index in [1.165, 1.54) is 0 Å². The highest BCUT2D eigenvalue weighted by atomic mass is 32.2. The van der Waals surface area contributed by atoms with E-state index in [1.807, 2.05) is 92.7 Å². The van der Waals surface area contributed by atoms with Gasteiger partial charge in [-0.25, -0.2) is 8.42 Å². The minimum atomic E-state index is -1.50. The van der Waals surface area contributed by atoms with E-state index in [1.54, 1.807) is 6.08 Å². The van der Waals surface area contributed by atoms with Gasteiger partial charge in [0.2, 0.25) is 0 Å². The molecule has 26 heavy (non-hydrogen) atoms. The maximum absolute atomic E-state index is 13.2. The molecule has 3 rings (SSSR count). The summed E-state index contributed by atoms with van der Waals surface area (Å²) < 4.78 is 26.8. The Morgan fingerprint density at radius 2 is 1.08 bits per heavy atom. The molecule has 0 fully saturated rings. The molecule has 3 aromatic carbocycles. The molecular formula is C22H20O2S2. The molecule has 4 heteroatoms. The summed E-state index contributed by atoms with van der Waals surface area (Å²) in [5.74, 6) is 0. The van der Waals surface area contributed by atoms with Gasteiger partial charge in [-0.2, -0.15) is 0 Å². The Morgan fingerprint density at radius 1 is 0.654 bits per heavy atom. The third-order valence-electron chi connectivity index (χ3n) is 3.92. The number of aryl methyl sites for hydroxylation is 2. The zero-order valence-corrected chi connectivity index (χ0v) is 16.3. The number of rotatable bonds is 5. The van der Waals surface area contributed by atoms with Gasteiger partial charge in [-0.15, -0.1) is 0 Å². The van der Waals surface area contributed by atoms with Crippen LogP contribution in [0.15, 0.2) is 92.9 Å². The molecule has 0 N–H and O–H groups in total. The summed E-state index contributed by atoms with van der Waals surface area (Å²) in [4.78, 5) is 1.30. The quantitative estimate of drug-likeness (QED) is 0.608. The smallest absolute Gasteiger partial charge is 0.113 e. The fourth-order valence-corrected chi connectivity index (χ4v) is 5.26. The van der Waals surface area contributed by atoms with Crippen molar-refractivity contribution >= 4 is 27.7 Å². The van der Waals surface area contributed by atoms with Crippen LogP contribution < -0.4 is 0 Å². The second-order valence-electron chi connectivity index (χ2n) is 6.04. The van der Waals surface area contributed by atoms with Crippen LogP contribution in [0.25, 0.3) is 6.08 Å². The standard InChI is InChI=1S/C22H20O2S2/c1-17-8-12-20(13-9-17)25(23)22(16-19-6-4-3-5-7-19)26(24)21-14-10-18(2)11-15-21/h3-16H,1-2H3/t25-,26-/m0/s1. The van der Waals surface area contributed by atoms with Crippen LogP contribution in [0.4, 0.5) is 0 Å². The third-order valence-corrected chi connectivity index (χ3v) is 7.20. The van der Waals surface area contributed by atoms with Crippen molar-refractivity contribution in [1.29, 1.82) is 0 Å². The van der Waals surface area contributed by atoms with Gasteiger partial charge in [0.05, 0.1) is 21.6 Å². The lowest BCUT2D eigenvalue weighted by molar-refractivity contribution is 0.683. The Hall–Kier alpha value is -2.30. The summed E-state index contributed by atoms with van der Waals surface area (Å²) in [5, 5.41) is 0. The third kappa shape index (κ3) is 4.45. The van der Waals surface area contributed by atoms with Gasteiger partial charge in [0.1, 0.15) is 4.24 Å². The van der Waals surface area contributed by atoms with Crippen molar-refractivity contribution in [1.82, 2.24) is 0 Å². The Morgan fingerprint density at radius 3 is 1.50 bits per heavy atom. The zero-order valence-electron chi connectivity index (χ0n) is 14.7. The first-order valence-electron chi connectivity index (χ1n) is 8.28. The van der Waals surface area contributed by atoms with Crippen LogP contribution in [0.3, 0.4) is 0 Å². The summed E-state index contributed by atoms with van der Waals surface area (Å²) in [6, 6.07) is 24.6. The van der Waals surface area contributed by atoms with Crippen LogP contribution in [0.1, 0.15) is 16.7 Å². The monoisotopic (exact) mass is 380 g/mol. The van der Waals surface area contributed by atoms with Crippen molar-refractivity contribution in [2.24, 2.45) is 0 Å². The second kappa shape index (κ2) is 8.39. The molecule has 0 aliphatic rings. The molecule has 2 atom stereocenters. The van der Waals surface area contributed by atoms with E-state index < -0.39 is 21.6 Å². The maximum atomic E-state index is 13.2. The molecule has 0 saturated carbocycles. The first-order valence-corrected chi connectivity index (χ1v) is 10.6. The predicted molar refractivity (Wildman–Crippen MR) is 110 cm³/mol. The van der Waals surface area contributed by atoms with Crippen LogP contribution in [0.5, 0.6) is 0 Å². The minimum Gasteiger partial charge on any atom is -0.248 e. The molecule has 0 radical (unpaired) electrons. The van der Waals surface area contributed by atoms with E-state index in [9.17, 15) is 8.42 Å². The van der Waals surface area contributed by atoms with E-state index in [-0.39, 0.29) is 0 Å². The Labute approximate surface area is 159 Å². The fourth-order valence-electron chi connectivity index (χ4n) is 2.42. The molecular weight excluding hydrogens is 360 g/mol. The number of benzene rings is 3. The molecule has 0 saturated heterocycles. The summed E-state index contributed by atoms with van der Waals surface area (Å²) in [5.41, 5.74) is 3.07. The molecule has 0 aliphatic carbocycles. The van der Waals surface area contributed by atoms with Crippen molar-refractivity contribution in [2.45, 2.75) is 23.6 Å². The average Bonchev–Trinajstić information content (AvgIpc) is 2.67.